The van der Waals surface area contributed by atoms with E-state index in [9.17, 15) is 8.42 Å². The lowest BCUT2D eigenvalue weighted by Crippen LogP contribution is -2.42. The first-order valence-electron chi connectivity index (χ1n) is 3.04. The topological polar surface area (TPSA) is 46.2 Å². The van der Waals surface area contributed by atoms with Gasteiger partial charge in [0.15, 0.2) is 9.84 Å². The van der Waals surface area contributed by atoms with Crippen molar-refractivity contribution in [3.63, 3.8) is 0 Å². The molecule has 54 valence electrons. The molecule has 1 saturated heterocycles. The van der Waals surface area contributed by atoms with E-state index < -0.39 is 9.84 Å². The van der Waals surface area contributed by atoms with Gasteiger partial charge in [-0.2, -0.15) is 0 Å². The van der Waals surface area contributed by atoms with Crippen LogP contribution in [0.5, 0.6) is 0 Å². The molecule has 4 heteroatoms. The maximum absolute atomic E-state index is 10.8. The molecule has 0 aliphatic carbocycles. The molecule has 1 rings (SSSR count). The lowest BCUT2D eigenvalue weighted by atomic mass is 10.4. The van der Waals surface area contributed by atoms with Gasteiger partial charge in [-0.3, -0.25) is 0 Å². The Morgan fingerprint density at radius 1 is 1.56 bits per heavy atom. The molecule has 0 spiro atoms. The molecule has 1 aliphatic heterocycles. The number of hydrogen-bond acceptors (Lipinski definition) is 3. The fourth-order valence-electron chi connectivity index (χ4n) is 0.984. The normalized spacial score (nSPS) is 34.1. The maximum Gasteiger partial charge on any atom is 0.153 e. The molecule has 1 heterocycles. The summed E-state index contributed by atoms with van der Waals surface area (Å²) in [5, 5.41) is 3.06. The second kappa shape index (κ2) is 2.27. The Balaban J connectivity index is 2.62. The van der Waals surface area contributed by atoms with Crippen molar-refractivity contribution in [2.75, 3.05) is 18.1 Å². The summed E-state index contributed by atoms with van der Waals surface area (Å²) in [6, 6.07) is 0.142. The summed E-state index contributed by atoms with van der Waals surface area (Å²) in [5.74, 6) is 0.602. The van der Waals surface area contributed by atoms with E-state index in [1.807, 2.05) is 6.92 Å². The van der Waals surface area contributed by atoms with Gasteiger partial charge in [0.1, 0.15) is 0 Å². The Morgan fingerprint density at radius 2 is 2.22 bits per heavy atom. The zero-order valence-corrected chi connectivity index (χ0v) is 6.24. The summed E-state index contributed by atoms with van der Waals surface area (Å²) in [4.78, 5) is 0. The Morgan fingerprint density at radius 3 is 2.56 bits per heavy atom. The number of sulfone groups is 1. The molecule has 0 bridgehead atoms. The summed E-state index contributed by atoms with van der Waals surface area (Å²) in [5.41, 5.74) is 0. The average Bonchev–Trinajstić information content (AvgIpc) is 1.60. The van der Waals surface area contributed by atoms with Crippen molar-refractivity contribution in [2.24, 2.45) is 0 Å². The molecule has 0 aromatic heterocycles. The standard InChI is InChI=1S/C5H11NO2S/c1-5-4-9(7,8)3-2-6-5/h5-6H,2-4H2,1H3/t5-/m1/s1. The van der Waals surface area contributed by atoms with E-state index in [4.69, 9.17) is 0 Å². The van der Waals surface area contributed by atoms with Crippen LogP contribution in [0.1, 0.15) is 6.92 Å². The Bertz CT molecular complexity index is 185. The minimum atomic E-state index is -2.69. The molecule has 3 nitrogen and oxygen atoms in total. The molecule has 1 N–H and O–H groups in total. The van der Waals surface area contributed by atoms with E-state index in [2.05, 4.69) is 5.32 Å². The first-order valence-corrected chi connectivity index (χ1v) is 4.86. The van der Waals surface area contributed by atoms with Crippen molar-refractivity contribution in [3.8, 4) is 0 Å². The summed E-state index contributed by atoms with van der Waals surface area (Å²) < 4.78 is 21.6. The zero-order chi connectivity index (χ0) is 6.91. The molecule has 0 saturated carbocycles. The Hall–Kier alpha value is -0.0900. The van der Waals surface area contributed by atoms with Gasteiger partial charge in [0.05, 0.1) is 11.5 Å². The Labute approximate surface area is 55.4 Å². The minimum Gasteiger partial charge on any atom is -0.312 e. The average molecular weight is 149 g/mol. The first-order chi connectivity index (χ1) is 4.10. The van der Waals surface area contributed by atoms with Crippen molar-refractivity contribution in [2.45, 2.75) is 13.0 Å². The molecule has 0 aromatic carbocycles. The van der Waals surface area contributed by atoms with Gasteiger partial charge in [-0.1, -0.05) is 0 Å². The van der Waals surface area contributed by atoms with Crippen LogP contribution >= 0.6 is 0 Å². The van der Waals surface area contributed by atoms with Crippen LogP contribution in [0.2, 0.25) is 0 Å². The van der Waals surface area contributed by atoms with E-state index in [0.29, 0.717) is 18.1 Å². The molecule has 0 radical (unpaired) electrons. The minimum absolute atomic E-state index is 0.142. The third-order valence-electron chi connectivity index (χ3n) is 1.41. The van der Waals surface area contributed by atoms with E-state index in [1.165, 1.54) is 0 Å². The molecule has 1 aliphatic rings. The van der Waals surface area contributed by atoms with Gasteiger partial charge in [0.2, 0.25) is 0 Å². The molecular weight excluding hydrogens is 138 g/mol. The predicted molar refractivity (Wildman–Crippen MR) is 36.1 cm³/mol. The maximum atomic E-state index is 10.8. The van der Waals surface area contributed by atoms with Crippen LogP contribution in [0.3, 0.4) is 0 Å². The summed E-state index contributed by atoms with van der Waals surface area (Å²) in [6.45, 7) is 2.50. The van der Waals surface area contributed by atoms with Gasteiger partial charge in [-0.05, 0) is 6.92 Å². The van der Waals surface area contributed by atoms with Gasteiger partial charge in [-0.15, -0.1) is 0 Å². The largest absolute Gasteiger partial charge is 0.312 e. The molecule has 1 fully saturated rings. The number of rotatable bonds is 0. The van der Waals surface area contributed by atoms with Crippen LogP contribution in [-0.2, 0) is 9.84 Å². The molecule has 9 heavy (non-hydrogen) atoms. The van der Waals surface area contributed by atoms with Gasteiger partial charge in [-0.25, -0.2) is 8.42 Å². The van der Waals surface area contributed by atoms with Crippen LogP contribution in [-0.4, -0.2) is 32.5 Å². The lowest BCUT2D eigenvalue weighted by Gasteiger charge is -2.19. The van der Waals surface area contributed by atoms with E-state index >= 15 is 0 Å². The van der Waals surface area contributed by atoms with Crippen molar-refractivity contribution < 1.29 is 8.42 Å². The fourth-order valence-corrected chi connectivity index (χ4v) is 2.46. The van der Waals surface area contributed by atoms with Gasteiger partial charge < -0.3 is 5.32 Å². The second-order valence-electron chi connectivity index (χ2n) is 2.47. The van der Waals surface area contributed by atoms with Gasteiger partial charge >= 0.3 is 0 Å². The lowest BCUT2D eigenvalue weighted by molar-refractivity contribution is 0.539. The molecular formula is C5H11NO2S. The Kier molecular flexibility index (Phi) is 1.77. The predicted octanol–water partition coefficient (Wildman–Crippen LogP) is -0.607. The second-order valence-corrected chi connectivity index (χ2v) is 4.70. The fraction of sp³-hybridized carbons (Fsp3) is 1.00. The smallest absolute Gasteiger partial charge is 0.153 e. The highest BCUT2D eigenvalue weighted by Crippen LogP contribution is 1.99. The van der Waals surface area contributed by atoms with Crippen LogP contribution in [0, 0.1) is 0 Å². The number of nitrogens with one attached hydrogen (secondary N) is 1. The highest BCUT2D eigenvalue weighted by molar-refractivity contribution is 7.91. The highest BCUT2D eigenvalue weighted by Gasteiger charge is 2.19. The van der Waals surface area contributed by atoms with Crippen LogP contribution in [0.4, 0.5) is 0 Å². The van der Waals surface area contributed by atoms with E-state index in [0.717, 1.165) is 0 Å². The van der Waals surface area contributed by atoms with Crippen molar-refractivity contribution in [3.05, 3.63) is 0 Å². The van der Waals surface area contributed by atoms with Crippen molar-refractivity contribution in [1.29, 1.82) is 0 Å². The van der Waals surface area contributed by atoms with Gasteiger partial charge in [0.25, 0.3) is 0 Å². The molecule has 0 aromatic rings. The molecule has 0 unspecified atom stereocenters. The summed E-state index contributed by atoms with van der Waals surface area (Å²) in [6.07, 6.45) is 0. The van der Waals surface area contributed by atoms with Crippen molar-refractivity contribution in [1.82, 2.24) is 5.32 Å². The molecule has 1 atom stereocenters. The highest BCUT2D eigenvalue weighted by atomic mass is 32.2. The quantitative estimate of drug-likeness (QED) is 0.500. The number of hydrogen-bond donors (Lipinski definition) is 1. The summed E-state index contributed by atoms with van der Waals surface area (Å²) in [7, 11) is -2.69. The van der Waals surface area contributed by atoms with Crippen LogP contribution in [0.15, 0.2) is 0 Å². The van der Waals surface area contributed by atoms with Crippen LogP contribution in [0.25, 0.3) is 0 Å². The van der Waals surface area contributed by atoms with E-state index in [1.54, 1.807) is 0 Å². The third-order valence-corrected chi connectivity index (χ3v) is 3.24. The van der Waals surface area contributed by atoms with Crippen molar-refractivity contribution >= 4 is 9.84 Å². The van der Waals surface area contributed by atoms with Crippen LogP contribution < -0.4 is 5.32 Å². The van der Waals surface area contributed by atoms with E-state index in [-0.39, 0.29) is 6.04 Å². The van der Waals surface area contributed by atoms with Gasteiger partial charge in [0, 0.05) is 12.6 Å². The summed E-state index contributed by atoms with van der Waals surface area (Å²) >= 11 is 0. The third kappa shape index (κ3) is 1.95. The molecule has 0 amide bonds. The SMILES string of the molecule is C[C@@H]1CS(=O)(=O)CCN1. The monoisotopic (exact) mass is 149 g/mol. The first kappa shape index (κ1) is 7.02. The zero-order valence-electron chi connectivity index (χ0n) is 5.42.